The maximum Gasteiger partial charge on any atom is 0.160 e. The fourth-order valence-corrected chi connectivity index (χ4v) is 2.26. The van der Waals surface area contributed by atoms with Gasteiger partial charge >= 0.3 is 0 Å². The van der Waals surface area contributed by atoms with Gasteiger partial charge in [0.2, 0.25) is 0 Å². The summed E-state index contributed by atoms with van der Waals surface area (Å²) in [7, 11) is 0. The van der Waals surface area contributed by atoms with Crippen LogP contribution in [0.2, 0.25) is 0 Å². The predicted octanol–water partition coefficient (Wildman–Crippen LogP) is 3.93. The molecule has 0 radical (unpaired) electrons. The fraction of sp³-hybridized carbons (Fsp3) is 0. The first-order valence-corrected chi connectivity index (χ1v) is 6.09. The van der Waals surface area contributed by atoms with Crippen LogP contribution in [0.5, 0.6) is 0 Å². The van der Waals surface area contributed by atoms with Crippen LogP contribution in [0.1, 0.15) is 11.3 Å². The van der Waals surface area contributed by atoms with Gasteiger partial charge in [-0.05, 0) is 35.9 Å². The molecule has 4 rings (SSSR count). The zero-order chi connectivity index (χ0) is 12.7. The second kappa shape index (κ2) is 3.92. The Labute approximate surface area is 109 Å². The van der Waals surface area contributed by atoms with Crippen LogP contribution in [-0.4, -0.2) is 9.97 Å². The zero-order valence-electron chi connectivity index (χ0n) is 10.1. The second-order valence-electron chi connectivity index (χ2n) is 4.43. The Morgan fingerprint density at radius 2 is 2.00 bits per heavy atom. The number of hydrogen-bond acceptors (Lipinski definition) is 3. The standard InChI is InChI=1S/C16H10N2O/c1-2-5-13-8-11(4-1)14-9-12(10-17-16(14)18-13)15-6-3-7-19-15/h1-10H. The van der Waals surface area contributed by atoms with Gasteiger partial charge in [-0.1, -0.05) is 18.2 Å². The van der Waals surface area contributed by atoms with E-state index in [0.717, 1.165) is 33.6 Å². The minimum absolute atomic E-state index is 0.763. The number of rotatable bonds is 1. The van der Waals surface area contributed by atoms with E-state index in [9.17, 15) is 0 Å². The minimum atomic E-state index is 0.763. The lowest BCUT2D eigenvalue weighted by Crippen LogP contribution is -1.90. The molecule has 2 bridgehead atoms. The van der Waals surface area contributed by atoms with Gasteiger partial charge in [0.15, 0.2) is 5.65 Å². The molecule has 1 aliphatic carbocycles. The van der Waals surface area contributed by atoms with E-state index in [1.54, 1.807) is 12.5 Å². The summed E-state index contributed by atoms with van der Waals surface area (Å²) in [5.74, 6) is 0.821. The maximum absolute atomic E-state index is 5.41. The Bertz CT molecular complexity index is 814. The van der Waals surface area contributed by atoms with Gasteiger partial charge in [-0.3, -0.25) is 0 Å². The molecule has 0 saturated heterocycles. The molecule has 0 saturated carbocycles. The smallest absolute Gasteiger partial charge is 0.160 e. The van der Waals surface area contributed by atoms with Crippen molar-refractivity contribution in [3.05, 3.63) is 60.1 Å². The summed E-state index contributed by atoms with van der Waals surface area (Å²) >= 11 is 0. The third kappa shape index (κ3) is 1.67. The number of hydrogen-bond donors (Lipinski definition) is 0. The van der Waals surface area contributed by atoms with Crippen LogP contribution in [-0.2, 0) is 0 Å². The lowest BCUT2D eigenvalue weighted by Gasteiger charge is -2.04. The maximum atomic E-state index is 5.41. The van der Waals surface area contributed by atoms with E-state index in [4.69, 9.17) is 4.42 Å². The molecule has 3 heteroatoms. The van der Waals surface area contributed by atoms with Crippen LogP contribution in [0.15, 0.2) is 53.3 Å². The van der Waals surface area contributed by atoms with E-state index < -0.39 is 0 Å². The highest BCUT2D eigenvalue weighted by atomic mass is 16.3. The lowest BCUT2D eigenvalue weighted by atomic mass is 10.1. The molecule has 3 nitrogen and oxygen atoms in total. The molecule has 3 heterocycles. The minimum Gasteiger partial charge on any atom is -0.464 e. The number of aromatic nitrogens is 2. The van der Waals surface area contributed by atoms with Crippen molar-refractivity contribution in [3.8, 4) is 11.3 Å². The van der Waals surface area contributed by atoms with Crippen molar-refractivity contribution in [2.75, 3.05) is 0 Å². The van der Waals surface area contributed by atoms with E-state index in [1.807, 2.05) is 30.4 Å². The Balaban J connectivity index is 2.01. The highest BCUT2D eigenvalue weighted by Gasteiger charge is 2.08. The number of fused-ring (bicyclic) bond motifs is 4. The van der Waals surface area contributed by atoms with E-state index >= 15 is 0 Å². The first kappa shape index (κ1) is 10.3. The van der Waals surface area contributed by atoms with Gasteiger partial charge in [0.05, 0.1) is 12.0 Å². The van der Waals surface area contributed by atoms with Crippen molar-refractivity contribution >= 4 is 23.2 Å². The Hall–Kier alpha value is -2.68. The average Bonchev–Trinajstić information content (AvgIpc) is 2.90. The van der Waals surface area contributed by atoms with Gasteiger partial charge < -0.3 is 4.42 Å². The summed E-state index contributed by atoms with van der Waals surface area (Å²) in [5, 5.41) is 1.04. The summed E-state index contributed by atoms with van der Waals surface area (Å²) in [6.45, 7) is 0. The highest BCUT2D eigenvalue weighted by Crippen LogP contribution is 2.26. The third-order valence-corrected chi connectivity index (χ3v) is 3.18. The van der Waals surface area contributed by atoms with Crippen molar-refractivity contribution in [1.82, 2.24) is 9.97 Å². The first-order valence-electron chi connectivity index (χ1n) is 6.09. The molecule has 0 atom stereocenters. The predicted molar refractivity (Wildman–Crippen MR) is 75.3 cm³/mol. The fourth-order valence-electron chi connectivity index (χ4n) is 2.26. The molecule has 0 aliphatic heterocycles. The van der Waals surface area contributed by atoms with E-state index in [2.05, 4.69) is 28.2 Å². The van der Waals surface area contributed by atoms with Crippen LogP contribution >= 0.6 is 0 Å². The molecule has 0 spiro atoms. The van der Waals surface area contributed by atoms with Crippen molar-refractivity contribution in [2.24, 2.45) is 0 Å². The van der Waals surface area contributed by atoms with E-state index in [0.29, 0.717) is 0 Å². The Morgan fingerprint density at radius 1 is 1.05 bits per heavy atom. The van der Waals surface area contributed by atoms with Crippen molar-refractivity contribution in [3.63, 3.8) is 0 Å². The number of pyridine rings is 2. The molecule has 90 valence electrons. The molecule has 3 aromatic rings. The van der Waals surface area contributed by atoms with Gasteiger partial charge in [-0.15, -0.1) is 0 Å². The van der Waals surface area contributed by atoms with Crippen LogP contribution in [0.25, 0.3) is 34.5 Å². The average molecular weight is 246 g/mol. The molecule has 0 fully saturated rings. The Morgan fingerprint density at radius 3 is 2.89 bits per heavy atom. The zero-order valence-corrected chi connectivity index (χ0v) is 10.1. The van der Waals surface area contributed by atoms with Crippen LogP contribution < -0.4 is 0 Å². The molecule has 0 unspecified atom stereocenters. The SMILES string of the molecule is C1=Cc2cc(c3cc(-c4ccco4)cnc3n2)C=C1. The van der Waals surface area contributed by atoms with E-state index in [1.165, 1.54) is 0 Å². The topological polar surface area (TPSA) is 38.9 Å². The second-order valence-corrected chi connectivity index (χ2v) is 4.43. The van der Waals surface area contributed by atoms with Crippen molar-refractivity contribution in [2.45, 2.75) is 0 Å². The normalized spacial score (nSPS) is 12.8. The van der Waals surface area contributed by atoms with Crippen LogP contribution in [0.4, 0.5) is 0 Å². The molecular weight excluding hydrogens is 236 g/mol. The monoisotopic (exact) mass is 246 g/mol. The molecule has 19 heavy (non-hydrogen) atoms. The summed E-state index contributed by atoms with van der Waals surface area (Å²) in [6.07, 6.45) is 11.5. The van der Waals surface area contributed by atoms with Gasteiger partial charge in [-0.2, -0.15) is 0 Å². The number of allylic oxidation sites excluding steroid dienone is 2. The molecule has 0 aromatic carbocycles. The summed E-state index contributed by atoms with van der Waals surface area (Å²) < 4.78 is 5.41. The summed E-state index contributed by atoms with van der Waals surface area (Å²) in [4.78, 5) is 8.96. The largest absolute Gasteiger partial charge is 0.464 e. The number of furan rings is 1. The molecule has 0 amide bonds. The lowest BCUT2D eigenvalue weighted by molar-refractivity contribution is 0.582. The van der Waals surface area contributed by atoms with Crippen molar-refractivity contribution in [1.29, 1.82) is 0 Å². The van der Waals surface area contributed by atoms with Crippen LogP contribution in [0.3, 0.4) is 0 Å². The highest BCUT2D eigenvalue weighted by molar-refractivity contribution is 5.90. The molecular formula is C16H10N2O. The van der Waals surface area contributed by atoms with Gasteiger partial charge in [0.25, 0.3) is 0 Å². The van der Waals surface area contributed by atoms with Crippen molar-refractivity contribution < 1.29 is 4.42 Å². The first-order chi connectivity index (χ1) is 9.40. The third-order valence-electron chi connectivity index (χ3n) is 3.18. The summed E-state index contributed by atoms with van der Waals surface area (Å²) in [6, 6.07) is 7.94. The Kier molecular flexibility index (Phi) is 2.12. The van der Waals surface area contributed by atoms with Gasteiger partial charge in [0, 0.05) is 17.1 Å². The molecule has 3 aromatic heterocycles. The van der Waals surface area contributed by atoms with Crippen LogP contribution in [0, 0.1) is 0 Å². The quantitative estimate of drug-likeness (QED) is 0.653. The molecule has 0 N–H and O–H groups in total. The van der Waals surface area contributed by atoms with E-state index in [-0.39, 0.29) is 0 Å². The van der Waals surface area contributed by atoms with Gasteiger partial charge in [0.1, 0.15) is 5.76 Å². The van der Waals surface area contributed by atoms with Gasteiger partial charge in [-0.25, -0.2) is 9.97 Å². The molecule has 1 aliphatic rings. The number of nitrogens with zero attached hydrogens (tertiary/aromatic N) is 2. The summed E-state index contributed by atoms with van der Waals surface area (Å²) in [5.41, 5.74) is 3.80.